The van der Waals surface area contributed by atoms with Crippen molar-refractivity contribution in [1.82, 2.24) is 0 Å². The van der Waals surface area contributed by atoms with Crippen molar-refractivity contribution in [2.75, 3.05) is 12.4 Å². The lowest BCUT2D eigenvalue weighted by Gasteiger charge is -2.10. The molecule has 0 radical (unpaired) electrons. The highest BCUT2D eigenvalue weighted by molar-refractivity contribution is 8.14. The van der Waals surface area contributed by atoms with Gasteiger partial charge in [-0.05, 0) is 12.1 Å². The molecule has 1 atom stereocenters. The first-order valence-corrected chi connectivity index (χ1v) is 6.98. The molecule has 3 N–H and O–H groups in total. The number of carboxylic acids is 2. The van der Waals surface area contributed by atoms with E-state index in [-0.39, 0.29) is 17.3 Å². The average molecular weight is 321 g/mol. The zero-order valence-corrected chi connectivity index (χ0v) is 12.0. The lowest BCUT2D eigenvalue weighted by Crippen LogP contribution is -2.35. The second-order valence-corrected chi connectivity index (χ2v) is 5.34. The monoisotopic (exact) mass is 321 g/mol. The summed E-state index contributed by atoms with van der Waals surface area (Å²) in [6, 6.07) is 4.16. The van der Waals surface area contributed by atoms with Crippen LogP contribution in [0.1, 0.15) is 5.56 Å². The summed E-state index contributed by atoms with van der Waals surface area (Å²) in [5, 5.41) is 28.0. The Morgan fingerprint density at radius 1 is 1.45 bits per heavy atom. The van der Waals surface area contributed by atoms with Crippen LogP contribution in [0.25, 0.3) is 0 Å². The maximum Gasteiger partial charge on any atom is 0.345 e. The smallest absolute Gasteiger partial charge is 0.345 e. The highest BCUT2D eigenvalue weighted by Crippen LogP contribution is 2.35. The van der Waals surface area contributed by atoms with E-state index in [1.165, 1.54) is 18.2 Å². The third-order valence-electron chi connectivity index (χ3n) is 2.86. The minimum absolute atomic E-state index is 0.0743. The van der Waals surface area contributed by atoms with Crippen molar-refractivity contribution in [2.24, 2.45) is 4.99 Å². The van der Waals surface area contributed by atoms with Gasteiger partial charge in [0.15, 0.2) is 6.61 Å². The second-order valence-electron chi connectivity index (χ2n) is 4.38. The Balaban J connectivity index is 2.28. The number of phenolic OH excluding ortho intramolecular Hbond substituents is 1. The number of thioether (sulfide) groups is 1. The SMILES string of the molecule is C#C[C@]1(C(=O)O)CSC(c2ccc(OCC(=O)O)cc2O)=N1. The number of aliphatic imine (C=N–C) groups is 1. The second kappa shape index (κ2) is 5.99. The van der Waals surface area contributed by atoms with Gasteiger partial charge < -0.3 is 20.1 Å². The van der Waals surface area contributed by atoms with Crippen LogP contribution in [0.5, 0.6) is 11.5 Å². The predicted octanol–water partition coefficient (Wildman–Crippen LogP) is 0.806. The molecule has 0 bridgehead atoms. The zero-order valence-electron chi connectivity index (χ0n) is 11.1. The first-order valence-electron chi connectivity index (χ1n) is 6.00. The molecule has 22 heavy (non-hydrogen) atoms. The van der Waals surface area contributed by atoms with Crippen molar-refractivity contribution < 1.29 is 29.6 Å². The minimum atomic E-state index is -1.63. The number of carbonyl (C=O) groups is 2. The molecule has 1 aliphatic heterocycles. The Kier molecular flexibility index (Phi) is 4.28. The summed E-state index contributed by atoms with van der Waals surface area (Å²) in [6.07, 6.45) is 5.25. The molecule has 0 spiro atoms. The molecule has 8 heteroatoms. The van der Waals surface area contributed by atoms with Gasteiger partial charge in [-0.15, -0.1) is 18.2 Å². The quantitative estimate of drug-likeness (QED) is 0.687. The molecule has 0 unspecified atom stereocenters. The normalized spacial score (nSPS) is 20.0. The molecule has 114 valence electrons. The molecule has 1 aromatic carbocycles. The number of ether oxygens (including phenoxy) is 1. The average Bonchev–Trinajstić information content (AvgIpc) is 2.91. The van der Waals surface area contributed by atoms with Crippen LogP contribution in [0.3, 0.4) is 0 Å². The van der Waals surface area contributed by atoms with E-state index in [4.69, 9.17) is 21.4 Å². The van der Waals surface area contributed by atoms with Crippen LogP contribution >= 0.6 is 11.8 Å². The van der Waals surface area contributed by atoms with Crippen molar-refractivity contribution in [3.05, 3.63) is 23.8 Å². The highest BCUT2D eigenvalue weighted by atomic mass is 32.2. The van der Waals surface area contributed by atoms with Gasteiger partial charge in [0, 0.05) is 17.4 Å². The number of aromatic hydroxyl groups is 1. The lowest BCUT2D eigenvalue weighted by atomic mass is 10.1. The Morgan fingerprint density at radius 3 is 2.68 bits per heavy atom. The van der Waals surface area contributed by atoms with E-state index in [2.05, 4.69) is 10.9 Å². The summed E-state index contributed by atoms with van der Waals surface area (Å²) in [7, 11) is 0. The maximum absolute atomic E-state index is 11.2. The molecule has 0 aliphatic carbocycles. The Bertz CT molecular complexity index is 708. The van der Waals surface area contributed by atoms with Crippen LogP contribution in [0, 0.1) is 12.3 Å². The molecule has 2 rings (SSSR count). The number of carboxylic acid groups (broad SMARTS) is 2. The fourth-order valence-corrected chi connectivity index (χ4v) is 2.89. The van der Waals surface area contributed by atoms with E-state index < -0.39 is 24.1 Å². The molecule has 0 amide bonds. The first kappa shape index (κ1) is 15.7. The number of hydrogen-bond acceptors (Lipinski definition) is 6. The molecule has 1 aliphatic rings. The van der Waals surface area contributed by atoms with E-state index >= 15 is 0 Å². The summed E-state index contributed by atoms with van der Waals surface area (Å²) in [5.74, 6) is -0.155. The fraction of sp³-hybridized carbons (Fsp3) is 0.214. The predicted molar refractivity (Wildman–Crippen MR) is 79.4 cm³/mol. The van der Waals surface area contributed by atoms with Crippen LogP contribution in [-0.2, 0) is 9.59 Å². The molecular weight excluding hydrogens is 310 g/mol. The molecule has 0 saturated carbocycles. The zero-order chi connectivity index (χ0) is 16.3. The first-order chi connectivity index (χ1) is 10.4. The van der Waals surface area contributed by atoms with Gasteiger partial charge in [0.2, 0.25) is 5.54 Å². The number of phenols is 1. The van der Waals surface area contributed by atoms with Crippen LogP contribution in [0.4, 0.5) is 0 Å². The topological polar surface area (TPSA) is 116 Å². The molecule has 1 heterocycles. The minimum Gasteiger partial charge on any atom is -0.507 e. The number of nitrogens with zero attached hydrogens (tertiary/aromatic N) is 1. The third kappa shape index (κ3) is 2.99. The van der Waals surface area contributed by atoms with Gasteiger partial charge in [0.1, 0.15) is 16.5 Å². The summed E-state index contributed by atoms with van der Waals surface area (Å²) in [5.41, 5.74) is -1.32. The van der Waals surface area contributed by atoms with Gasteiger partial charge in [-0.25, -0.2) is 14.6 Å². The van der Waals surface area contributed by atoms with E-state index in [1.54, 1.807) is 0 Å². The van der Waals surface area contributed by atoms with E-state index in [1.807, 2.05) is 0 Å². The van der Waals surface area contributed by atoms with E-state index in [0.29, 0.717) is 10.6 Å². The summed E-state index contributed by atoms with van der Waals surface area (Å²) in [6.45, 7) is -0.534. The van der Waals surface area contributed by atoms with Crippen molar-refractivity contribution >= 4 is 28.7 Å². The number of hydrogen-bond donors (Lipinski definition) is 3. The molecule has 7 nitrogen and oxygen atoms in total. The summed E-state index contributed by atoms with van der Waals surface area (Å²) in [4.78, 5) is 25.7. The van der Waals surface area contributed by atoms with Crippen molar-refractivity contribution in [3.63, 3.8) is 0 Å². The van der Waals surface area contributed by atoms with Crippen molar-refractivity contribution in [1.29, 1.82) is 0 Å². The van der Waals surface area contributed by atoms with Crippen molar-refractivity contribution in [2.45, 2.75) is 5.54 Å². The van der Waals surface area contributed by atoms with Gasteiger partial charge >= 0.3 is 11.9 Å². The van der Waals surface area contributed by atoms with Crippen LogP contribution < -0.4 is 4.74 Å². The van der Waals surface area contributed by atoms with Gasteiger partial charge in [-0.3, -0.25) is 0 Å². The van der Waals surface area contributed by atoms with Crippen LogP contribution in [0.15, 0.2) is 23.2 Å². The molecule has 1 aromatic rings. The fourth-order valence-electron chi connectivity index (χ4n) is 1.72. The van der Waals surface area contributed by atoms with Crippen LogP contribution in [-0.4, -0.2) is 50.2 Å². The molecular formula is C14H11NO6S. The summed E-state index contributed by atoms with van der Waals surface area (Å²) < 4.78 is 4.93. The van der Waals surface area contributed by atoms with Crippen LogP contribution in [0.2, 0.25) is 0 Å². The number of rotatable bonds is 5. The maximum atomic E-state index is 11.2. The standard InChI is InChI=1S/C14H11NO6S/c1-2-14(13(19)20)7-22-12(15-14)9-4-3-8(5-10(9)16)21-6-11(17)18/h1,3-5,16H,6-7H2,(H,17,18)(H,19,20)/t14-/m1/s1. The third-order valence-corrected chi connectivity index (χ3v) is 4.01. The highest BCUT2D eigenvalue weighted by Gasteiger charge is 2.42. The molecule has 0 aromatic heterocycles. The lowest BCUT2D eigenvalue weighted by molar-refractivity contribution is -0.140. The number of benzene rings is 1. The van der Waals surface area contributed by atoms with Crippen molar-refractivity contribution in [3.8, 4) is 23.8 Å². The van der Waals surface area contributed by atoms with Gasteiger partial charge in [-0.2, -0.15) is 0 Å². The van der Waals surface area contributed by atoms with Gasteiger partial charge in [0.05, 0.1) is 0 Å². The van der Waals surface area contributed by atoms with Gasteiger partial charge in [0.25, 0.3) is 0 Å². The number of aliphatic carboxylic acids is 2. The Labute approximate surface area is 129 Å². The molecule has 0 fully saturated rings. The Hall–Kier alpha value is -2.66. The molecule has 0 saturated heterocycles. The Morgan fingerprint density at radius 2 is 2.18 bits per heavy atom. The summed E-state index contributed by atoms with van der Waals surface area (Å²) >= 11 is 1.13. The van der Waals surface area contributed by atoms with E-state index in [0.717, 1.165) is 11.8 Å². The van der Waals surface area contributed by atoms with E-state index in [9.17, 15) is 14.7 Å². The number of terminal acetylenes is 1. The van der Waals surface area contributed by atoms with Gasteiger partial charge in [-0.1, -0.05) is 5.92 Å². The largest absolute Gasteiger partial charge is 0.507 e.